The van der Waals surface area contributed by atoms with Crippen molar-refractivity contribution in [1.29, 1.82) is 0 Å². The van der Waals surface area contributed by atoms with Gasteiger partial charge in [-0.25, -0.2) is 0 Å². The van der Waals surface area contributed by atoms with Gasteiger partial charge in [-0.3, -0.25) is 4.79 Å². The first kappa shape index (κ1) is 8.94. The van der Waals surface area contributed by atoms with Crippen LogP contribution in [0.15, 0.2) is 18.2 Å². The van der Waals surface area contributed by atoms with Gasteiger partial charge < -0.3 is 5.73 Å². The fourth-order valence-electron chi connectivity index (χ4n) is 1.20. The quantitative estimate of drug-likeness (QED) is 0.676. The second-order valence-electron chi connectivity index (χ2n) is 3.04. The van der Waals surface area contributed by atoms with Gasteiger partial charge >= 0.3 is 0 Å². The standard InChI is InChI=1S/C10H13NO/c1-7-3-4-9(6-12)10(5-7)8(2)11/h3-6,8H,11H2,1-2H3. The summed E-state index contributed by atoms with van der Waals surface area (Å²) in [5.74, 6) is 0. The largest absolute Gasteiger partial charge is 0.324 e. The molecule has 1 rings (SSSR count). The molecule has 0 spiro atoms. The molecule has 0 heterocycles. The summed E-state index contributed by atoms with van der Waals surface area (Å²) in [6.07, 6.45) is 0.845. The van der Waals surface area contributed by atoms with E-state index in [-0.39, 0.29) is 6.04 Å². The van der Waals surface area contributed by atoms with Crippen molar-refractivity contribution in [2.24, 2.45) is 5.73 Å². The van der Waals surface area contributed by atoms with Gasteiger partial charge in [0, 0.05) is 11.6 Å². The molecule has 0 radical (unpaired) electrons. The third kappa shape index (κ3) is 1.71. The van der Waals surface area contributed by atoms with Crippen molar-refractivity contribution in [3.63, 3.8) is 0 Å². The van der Waals surface area contributed by atoms with E-state index in [1.54, 1.807) is 6.07 Å². The van der Waals surface area contributed by atoms with E-state index in [0.29, 0.717) is 5.56 Å². The zero-order chi connectivity index (χ0) is 9.14. The minimum absolute atomic E-state index is 0.0786. The summed E-state index contributed by atoms with van der Waals surface area (Å²) in [5.41, 5.74) is 8.44. The minimum atomic E-state index is -0.0786. The molecule has 1 atom stereocenters. The van der Waals surface area contributed by atoms with Gasteiger partial charge in [-0.1, -0.05) is 23.8 Å². The van der Waals surface area contributed by atoms with Crippen LogP contribution in [0.2, 0.25) is 0 Å². The van der Waals surface area contributed by atoms with Crippen molar-refractivity contribution >= 4 is 6.29 Å². The average Bonchev–Trinajstić information content (AvgIpc) is 2.04. The first-order valence-corrected chi connectivity index (χ1v) is 3.96. The molecule has 0 saturated heterocycles. The van der Waals surface area contributed by atoms with Crippen molar-refractivity contribution in [2.75, 3.05) is 0 Å². The molecule has 2 nitrogen and oxygen atoms in total. The molecule has 1 aromatic carbocycles. The topological polar surface area (TPSA) is 43.1 Å². The number of carbonyl (C=O) groups excluding carboxylic acids is 1. The molecular formula is C10H13NO. The lowest BCUT2D eigenvalue weighted by atomic mass is 10.0. The first-order valence-electron chi connectivity index (χ1n) is 3.96. The molecule has 0 aliphatic rings. The molecule has 0 aliphatic carbocycles. The lowest BCUT2D eigenvalue weighted by Crippen LogP contribution is -2.08. The number of nitrogens with two attached hydrogens (primary N) is 1. The third-order valence-corrected chi connectivity index (χ3v) is 1.86. The van der Waals surface area contributed by atoms with Crippen molar-refractivity contribution in [3.05, 3.63) is 34.9 Å². The van der Waals surface area contributed by atoms with Gasteiger partial charge in [0.15, 0.2) is 0 Å². The summed E-state index contributed by atoms with van der Waals surface area (Å²) in [5, 5.41) is 0. The Labute approximate surface area is 72.4 Å². The van der Waals surface area contributed by atoms with Crippen LogP contribution in [0, 0.1) is 6.92 Å². The zero-order valence-corrected chi connectivity index (χ0v) is 7.37. The highest BCUT2D eigenvalue weighted by Crippen LogP contribution is 2.15. The average molecular weight is 163 g/mol. The molecular weight excluding hydrogens is 150 g/mol. The molecule has 0 amide bonds. The van der Waals surface area contributed by atoms with Crippen LogP contribution in [0.5, 0.6) is 0 Å². The maximum Gasteiger partial charge on any atom is 0.150 e. The summed E-state index contributed by atoms with van der Waals surface area (Å²) in [4.78, 5) is 10.6. The molecule has 2 N–H and O–H groups in total. The van der Waals surface area contributed by atoms with Crippen LogP contribution in [-0.2, 0) is 0 Å². The predicted molar refractivity (Wildman–Crippen MR) is 49.2 cm³/mol. The van der Waals surface area contributed by atoms with Crippen molar-refractivity contribution in [3.8, 4) is 0 Å². The van der Waals surface area contributed by atoms with E-state index in [4.69, 9.17) is 5.73 Å². The number of aldehydes is 1. The molecule has 0 saturated carbocycles. The molecule has 1 aromatic rings. The van der Waals surface area contributed by atoms with Gasteiger partial charge in [0.2, 0.25) is 0 Å². The van der Waals surface area contributed by atoms with E-state index in [1.807, 2.05) is 26.0 Å². The maximum atomic E-state index is 10.6. The van der Waals surface area contributed by atoms with Crippen LogP contribution in [0.3, 0.4) is 0 Å². The molecule has 12 heavy (non-hydrogen) atoms. The van der Waals surface area contributed by atoms with E-state index in [1.165, 1.54) is 0 Å². The Morgan fingerprint density at radius 1 is 1.50 bits per heavy atom. The molecule has 2 heteroatoms. The third-order valence-electron chi connectivity index (χ3n) is 1.86. The SMILES string of the molecule is Cc1ccc(C=O)c(C(C)N)c1. The highest BCUT2D eigenvalue weighted by Gasteiger charge is 2.05. The Morgan fingerprint density at radius 3 is 2.67 bits per heavy atom. The normalized spacial score (nSPS) is 12.6. The molecule has 64 valence electrons. The lowest BCUT2D eigenvalue weighted by Gasteiger charge is -2.08. The monoisotopic (exact) mass is 163 g/mol. The van der Waals surface area contributed by atoms with E-state index in [2.05, 4.69) is 0 Å². The summed E-state index contributed by atoms with van der Waals surface area (Å²) >= 11 is 0. The van der Waals surface area contributed by atoms with E-state index < -0.39 is 0 Å². The van der Waals surface area contributed by atoms with Crippen molar-refractivity contribution in [1.82, 2.24) is 0 Å². The Morgan fingerprint density at radius 2 is 2.17 bits per heavy atom. The molecule has 1 unspecified atom stereocenters. The van der Waals surface area contributed by atoms with Crippen LogP contribution in [0.4, 0.5) is 0 Å². The number of aryl methyl sites for hydroxylation is 1. The van der Waals surface area contributed by atoms with Gasteiger partial charge in [0.1, 0.15) is 6.29 Å². The minimum Gasteiger partial charge on any atom is -0.324 e. The predicted octanol–water partition coefficient (Wildman–Crippen LogP) is 1.83. The second kappa shape index (κ2) is 3.50. The number of hydrogen-bond acceptors (Lipinski definition) is 2. The zero-order valence-electron chi connectivity index (χ0n) is 7.37. The summed E-state index contributed by atoms with van der Waals surface area (Å²) in [6, 6.07) is 5.59. The van der Waals surface area contributed by atoms with Crippen molar-refractivity contribution < 1.29 is 4.79 Å². The van der Waals surface area contributed by atoms with Gasteiger partial charge in [-0.05, 0) is 19.4 Å². The molecule has 0 aliphatic heterocycles. The van der Waals surface area contributed by atoms with Crippen LogP contribution in [-0.4, -0.2) is 6.29 Å². The van der Waals surface area contributed by atoms with Crippen LogP contribution >= 0.6 is 0 Å². The Bertz CT molecular complexity index is 292. The fraction of sp³-hybridized carbons (Fsp3) is 0.300. The fourth-order valence-corrected chi connectivity index (χ4v) is 1.20. The van der Waals surface area contributed by atoms with Gasteiger partial charge in [0.25, 0.3) is 0 Å². The van der Waals surface area contributed by atoms with Gasteiger partial charge in [0.05, 0.1) is 0 Å². The van der Waals surface area contributed by atoms with E-state index in [0.717, 1.165) is 17.4 Å². The van der Waals surface area contributed by atoms with E-state index >= 15 is 0 Å². The molecule has 0 bridgehead atoms. The van der Waals surface area contributed by atoms with Crippen molar-refractivity contribution in [2.45, 2.75) is 19.9 Å². The van der Waals surface area contributed by atoms with Crippen LogP contribution in [0.25, 0.3) is 0 Å². The Hall–Kier alpha value is -1.15. The summed E-state index contributed by atoms with van der Waals surface area (Å²) in [6.45, 7) is 3.86. The number of carbonyl (C=O) groups is 1. The maximum absolute atomic E-state index is 10.6. The molecule has 0 fully saturated rings. The number of rotatable bonds is 2. The Balaban J connectivity index is 3.21. The first-order chi connectivity index (χ1) is 5.65. The van der Waals surface area contributed by atoms with Gasteiger partial charge in [-0.15, -0.1) is 0 Å². The van der Waals surface area contributed by atoms with Crippen LogP contribution in [0.1, 0.15) is 34.5 Å². The van der Waals surface area contributed by atoms with Gasteiger partial charge in [-0.2, -0.15) is 0 Å². The number of benzene rings is 1. The smallest absolute Gasteiger partial charge is 0.150 e. The van der Waals surface area contributed by atoms with E-state index in [9.17, 15) is 4.79 Å². The summed E-state index contributed by atoms with van der Waals surface area (Å²) in [7, 11) is 0. The number of hydrogen-bond donors (Lipinski definition) is 1. The Kier molecular flexibility index (Phi) is 2.61. The highest BCUT2D eigenvalue weighted by molar-refractivity contribution is 5.77. The highest BCUT2D eigenvalue weighted by atomic mass is 16.1. The summed E-state index contributed by atoms with van der Waals surface area (Å²) < 4.78 is 0. The lowest BCUT2D eigenvalue weighted by molar-refractivity contribution is 0.112. The molecule has 0 aromatic heterocycles. The second-order valence-corrected chi connectivity index (χ2v) is 3.04. The van der Waals surface area contributed by atoms with Crippen LogP contribution < -0.4 is 5.73 Å².